The molecule has 0 bridgehead atoms. The Bertz CT molecular complexity index is 756. The monoisotopic (exact) mass is 316 g/mol. The lowest BCUT2D eigenvalue weighted by Gasteiger charge is -2.12. The lowest BCUT2D eigenvalue weighted by Crippen LogP contribution is -2.86. The highest BCUT2D eigenvalue weighted by atomic mass is 19.1. The van der Waals surface area contributed by atoms with Gasteiger partial charge in [-0.1, -0.05) is 12.1 Å². The van der Waals surface area contributed by atoms with E-state index in [9.17, 15) is 13.6 Å². The van der Waals surface area contributed by atoms with E-state index in [0.29, 0.717) is 16.8 Å². The number of hydrogen-bond acceptors (Lipinski definition) is 2. The molecule has 0 aliphatic heterocycles. The third-order valence-electron chi connectivity index (χ3n) is 3.43. The lowest BCUT2D eigenvalue weighted by molar-refractivity contribution is -0.682. The zero-order valence-corrected chi connectivity index (χ0v) is 12.5. The number of carbonyl (C=O) groups is 1. The fourth-order valence-electron chi connectivity index (χ4n) is 2.17. The summed E-state index contributed by atoms with van der Waals surface area (Å²) in [6.45, 7) is 1.78. The molecule has 0 aliphatic carbocycles. The average Bonchev–Trinajstić information content (AvgIpc) is 2.53. The van der Waals surface area contributed by atoms with Crippen LogP contribution in [0.25, 0.3) is 0 Å². The molecule has 0 aromatic heterocycles. The number of nitrogens with one attached hydrogen (secondary N) is 1. The van der Waals surface area contributed by atoms with E-state index in [1.165, 1.54) is 12.1 Å². The first-order valence-corrected chi connectivity index (χ1v) is 7.08. The summed E-state index contributed by atoms with van der Waals surface area (Å²) < 4.78 is 26.6. The molecular formula is C17H16F2N3O+. The van der Waals surface area contributed by atoms with Crippen molar-refractivity contribution in [2.24, 2.45) is 0 Å². The molecule has 0 heterocycles. The second-order valence-corrected chi connectivity index (χ2v) is 5.10. The average molecular weight is 316 g/mol. The number of benzene rings is 2. The van der Waals surface area contributed by atoms with Gasteiger partial charge in [0.05, 0.1) is 11.3 Å². The Kier molecular flexibility index (Phi) is 5.39. The van der Waals surface area contributed by atoms with Gasteiger partial charge in [-0.2, -0.15) is 5.26 Å². The highest BCUT2D eigenvalue weighted by Crippen LogP contribution is 2.15. The van der Waals surface area contributed by atoms with Gasteiger partial charge in [0.2, 0.25) is 0 Å². The first-order chi connectivity index (χ1) is 11.0. The summed E-state index contributed by atoms with van der Waals surface area (Å²) >= 11 is 0. The van der Waals surface area contributed by atoms with Crippen molar-refractivity contribution < 1.29 is 18.9 Å². The van der Waals surface area contributed by atoms with Gasteiger partial charge in [-0.3, -0.25) is 4.79 Å². The van der Waals surface area contributed by atoms with Crippen molar-refractivity contribution in [1.82, 2.24) is 0 Å². The van der Waals surface area contributed by atoms with Gasteiger partial charge >= 0.3 is 0 Å². The Morgan fingerprint density at radius 1 is 1.30 bits per heavy atom. The number of amides is 1. The SMILES string of the molecule is C[C@@H]([NH2+]CC(=O)Nc1ccccc1C#N)c1ccc(F)cc1F. The maximum atomic E-state index is 13.7. The summed E-state index contributed by atoms with van der Waals surface area (Å²) in [6, 6.07) is 11.7. The fraction of sp³-hybridized carbons (Fsp3) is 0.176. The molecule has 2 aromatic carbocycles. The minimum absolute atomic E-state index is 0.0533. The molecule has 6 heteroatoms. The molecule has 0 radical (unpaired) electrons. The summed E-state index contributed by atoms with van der Waals surface area (Å²) in [7, 11) is 0. The Balaban J connectivity index is 1.95. The lowest BCUT2D eigenvalue weighted by atomic mass is 10.1. The number of nitrogens with two attached hydrogens (primary N) is 1. The summed E-state index contributed by atoms with van der Waals surface area (Å²) in [6.07, 6.45) is 0. The van der Waals surface area contributed by atoms with E-state index in [-0.39, 0.29) is 18.5 Å². The van der Waals surface area contributed by atoms with Crippen LogP contribution in [0.3, 0.4) is 0 Å². The number of nitrogens with zero attached hydrogens (tertiary/aromatic N) is 1. The molecule has 0 aliphatic rings. The molecule has 3 N–H and O–H groups in total. The number of anilines is 1. The van der Waals surface area contributed by atoms with Gasteiger partial charge in [0.1, 0.15) is 23.7 Å². The van der Waals surface area contributed by atoms with Crippen LogP contribution < -0.4 is 10.6 Å². The van der Waals surface area contributed by atoms with E-state index in [1.807, 2.05) is 6.07 Å². The molecule has 2 aromatic rings. The summed E-state index contributed by atoms with van der Waals surface area (Å²) in [4.78, 5) is 11.9. The van der Waals surface area contributed by atoms with Gasteiger partial charge in [-0.15, -0.1) is 0 Å². The van der Waals surface area contributed by atoms with Crippen LogP contribution in [-0.2, 0) is 4.79 Å². The number of nitriles is 1. The van der Waals surface area contributed by atoms with Crippen molar-refractivity contribution >= 4 is 11.6 Å². The van der Waals surface area contributed by atoms with E-state index in [4.69, 9.17) is 5.26 Å². The summed E-state index contributed by atoms with van der Waals surface area (Å²) in [5.74, 6) is -1.57. The second-order valence-electron chi connectivity index (χ2n) is 5.10. The smallest absolute Gasteiger partial charge is 0.279 e. The van der Waals surface area contributed by atoms with Crippen molar-refractivity contribution in [3.05, 3.63) is 65.2 Å². The maximum absolute atomic E-state index is 13.7. The maximum Gasteiger partial charge on any atom is 0.279 e. The minimum Gasteiger partial charge on any atom is -0.332 e. The Hall–Kier alpha value is -2.78. The number of carbonyl (C=O) groups excluding carboxylic acids is 1. The highest BCUT2D eigenvalue weighted by molar-refractivity contribution is 5.92. The number of para-hydroxylation sites is 1. The van der Waals surface area contributed by atoms with Crippen molar-refractivity contribution in [2.75, 3.05) is 11.9 Å². The molecule has 2 rings (SSSR count). The quantitative estimate of drug-likeness (QED) is 0.887. The molecule has 4 nitrogen and oxygen atoms in total. The van der Waals surface area contributed by atoms with Crippen LogP contribution in [0.1, 0.15) is 24.1 Å². The molecule has 1 atom stereocenters. The first kappa shape index (κ1) is 16.6. The van der Waals surface area contributed by atoms with Crippen molar-refractivity contribution in [3.63, 3.8) is 0 Å². The molecular weight excluding hydrogens is 300 g/mol. The number of rotatable bonds is 5. The zero-order chi connectivity index (χ0) is 16.8. The van der Waals surface area contributed by atoms with E-state index < -0.39 is 11.6 Å². The van der Waals surface area contributed by atoms with Crippen molar-refractivity contribution in [2.45, 2.75) is 13.0 Å². The molecule has 0 spiro atoms. The largest absolute Gasteiger partial charge is 0.332 e. The molecule has 118 valence electrons. The normalized spacial score (nSPS) is 11.6. The third-order valence-corrected chi connectivity index (χ3v) is 3.43. The standard InChI is InChI=1S/C17H15F2N3O/c1-11(14-7-6-13(18)8-15(14)19)21-10-17(23)22-16-5-3-2-4-12(16)9-20/h2-8,11,21H,10H2,1H3,(H,22,23)/p+1/t11-/m1/s1. The molecule has 0 unspecified atom stereocenters. The van der Waals surface area contributed by atoms with Crippen LogP contribution in [0, 0.1) is 23.0 Å². The van der Waals surface area contributed by atoms with Gasteiger partial charge in [-0.05, 0) is 31.2 Å². The molecule has 0 saturated heterocycles. The fourth-order valence-corrected chi connectivity index (χ4v) is 2.17. The van der Waals surface area contributed by atoms with Crippen LogP contribution >= 0.6 is 0 Å². The van der Waals surface area contributed by atoms with Crippen LogP contribution in [0.2, 0.25) is 0 Å². The van der Waals surface area contributed by atoms with Crippen LogP contribution in [0.5, 0.6) is 0 Å². The predicted molar refractivity (Wildman–Crippen MR) is 81.4 cm³/mol. The van der Waals surface area contributed by atoms with E-state index in [0.717, 1.165) is 6.07 Å². The minimum atomic E-state index is -0.635. The number of halogens is 2. The highest BCUT2D eigenvalue weighted by Gasteiger charge is 2.16. The predicted octanol–water partition coefficient (Wildman–Crippen LogP) is 2.10. The van der Waals surface area contributed by atoms with Crippen molar-refractivity contribution in [1.29, 1.82) is 5.26 Å². The molecule has 1 amide bonds. The Labute approximate surface area is 132 Å². The summed E-state index contributed by atoms with van der Waals surface area (Å²) in [5, 5.41) is 13.3. The first-order valence-electron chi connectivity index (χ1n) is 7.08. The van der Waals surface area contributed by atoms with E-state index in [1.54, 1.807) is 36.5 Å². The Morgan fingerprint density at radius 3 is 2.74 bits per heavy atom. The summed E-state index contributed by atoms with van der Waals surface area (Å²) in [5.41, 5.74) is 1.14. The molecule has 23 heavy (non-hydrogen) atoms. The molecule has 0 fully saturated rings. The number of hydrogen-bond donors (Lipinski definition) is 2. The third kappa shape index (κ3) is 4.34. The van der Waals surface area contributed by atoms with E-state index in [2.05, 4.69) is 5.32 Å². The van der Waals surface area contributed by atoms with Gasteiger partial charge in [0.25, 0.3) is 5.91 Å². The van der Waals surface area contributed by atoms with Crippen LogP contribution in [0.15, 0.2) is 42.5 Å². The van der Waals surface area contributed by atoms with Crippen molar-refractivity contribution in [3.8, 4) is 6.07 Å². The van der Waals surface area contributed by atoms with Gasteiger partial charge in [0.15, 0.2) is 6.54 Å². The van der Waals surface area contributed by atoms with Gasteiger partial charge in [-0.25, -0.2) is 8.78 Å². The van der Waals surface area contributed by atoms with E-state index >= 15 is 0 Å². The Morgan fingerprint density at radius 2 is 2.04 bits per heavy atom. The van der Waals surface area contributed by atoms with Gasteiger partial charge in [0, 0.05) is 11.6 Å². The zero-order valence-electron chi connectivity index (χ0n) is 12.5. The topological polar surface area (TPSA) is 69.5 Å². The second kappa shape index (κ2) is 7.47. The van der Waals surface area contributed by atoms with Crippen LogP contribution in [0.4, 0.5) is 14.5 Å². The van der Waals surface area contributed by atoms with Gasteiger partial charge < -0.3 is 10.6 Å². The number of quaternary nitrogens is 1. The van der Waals surface area contributed by atoms with Crippen LogP contribution in [-0.4, -0.2) is 12.5 Å². The molecule has 0 saturated carbocycles.